The summed E-state index contributed by atoms with van der Waals surface area (Å²) in [5.74, 6) is 0.169. The van der Waals surface area contributed by atoms with Crippen molar-refractivity contribution in [3.63, 3.8) is 0 Å². The number of rotatable bonds is 3. The van der Waals surface area contributed by atoms with Gasteiger partial charge in [-0.15, -0.1) is 0 Å². The van der Waals surface area contributed by atoms with Gasteiger partial charge in [0.25, 0.3) is 0 Å². The fourth-order valence-corrected chi connectivity index (χ4v) is 1.02. The molecule has 13 heavy (non-hydrogen) atoms. The molecule has 0 spiro atoms. The van der Waals surface area contributed by atoms with Crippen molar-refractivity contribution in [1.82, 2.24) is 5.43 Å². The van der Waals surface area contributed by atoms with E-state index >= 15 is 0 Å². The molecular weight excluding hydrogens is 164 g/mol. The minimum absolute atomic E-state index is 0.169. The van der Waals surface area contributed by atoms with E-state index in [1.807, 2.05) is 37.3 Å². The molecule has 0 amide bonds. The normalized spacial score (nSPS) is 11.8. The predicted molar refractivity (Wildman–Crippen MR) is 52.3 cm³/mol. The van der Waals surface area contributed by atoms with Crippen LogP contribution in [0, 0.1) is 0 Å². The van der Waals surface area contributed by atoms with Gasteiger partial charge in [0.1, 0.15) is 0 Å². The molecule has 0 aromatic heterocycles. The van der Waals surface area contributed by atoms with Crippen molar-refractivity contribution in [2.45, 2.75) is 13.0 Å². The third-order valence-electron chi connectivity index (χ3n) is 1.73. The van der Waals surface area contributed by atoms with Crippen molar-refractivity contribution >= 4 is 5.96 Å². The van der Waals surface area contributed by atoms with Crippen LogP contribution in [0.15, 0.2) is 30.3 Å². The molecule has 0 aliphatic heterocycles. The van der Waals surface area contributed by atoms with Gasteiger partial charge in [-0.1, -0.05) is 30.3 Å². The molecular formula is C9H15N4+. The molecule has 4 nitrogen and oxygen atoms in total. The van der Waals surface area contributed by atoms with Gasteiger partial charge in [0.05, 0.1) is 6.04 Å². The minimum Gasteiger partial charge on any atom is -0.289 e. The van der Waals surface area contributed by atoms with Gasteiger partial charge in [0.2, 0.25) is 0 Å². The average Bonchev–Trinajstić information content (AvgIpc) is 2.15. The van der Waals surface area contributed by atoms with Crippen molar-refractivity contribution in [1.29, 1.82) is 0 Å². The van der Waals surface area contributed by atoms with Crippen LogP contribution >= 0.6 is 0 Å². The van der Waals surface area contributed by atoms with Crippen LogP contribution < -0.4 is 22.0 Å². The molecule has 1 atom stereocenters. The predicted octanol–water partition coefficient (Wildman–Crippen LogP) is -1.39. The molecule has 0 radical (unpaired) electrons. The van der Waals surface area contributed by atoms with Crippen LogP contribution in [0.1, 0.15) is 18.5 Å². The Hall–Kier alpha value is -1.71. The Bertz CT molecular complexity index is 277. The maximum Gasteiger partial charge on any atom is 0.360 e. The van der Waals surface area contributed by atoms with Gasteiger partial charge in [-0.25, -0.2) is 0 Å². The summed E-state index contributed by atoms with van der Waals surface area (Å²) in [5.41, 5.74) is 14.6. The molecule has 4 heteroatoms. The Morgan fingerprint density at radius 3 is 2.46 bits per heavy atom. The minimum atomic E-state index is 0.169. The maximum absolute atomic E-state index is 5.24. The number of benzene rings is 1. The molecule has 1 aromatic carbocycles. The van der Waals surface area contributed by atoms with E-state index in [1.54, 1.807) is 0 Å². The van der Waals surface area contributed by atoms with Gasteiger partial charge in [-0.2, -0.15) is 5.10 Å². The van der Waals surface area contributed by atoms with Crippen LogP contribution in [0.5, 0.6) is 0 Å². The first-order chi connectivity index (χ1) is 6.20. The Kier molecular flexibility index (Phi) is 3.14. The number of hydrazine groups is 1. The zero-order valence-corrected chi connectivity index (χ0v) is 7.62. The molecule has 70 valence electrons. The van der Waals surface area contributed by atoms with Crippen molar-refractivity contribution < 1.29 is 5.10 Å². The maximum atomic E-state index is 5.24. The highest BCUT2D eigenvalue weighted by Crippen LogP contribution is 2.08. The first kappa shape index (κ1) is 9.38. The van der Waals surface area contributed by atoms with E-state index in [9.17, 15) is 0 Å². The lowest BCUT2D eigenvalue weighted by atomic mass is 10.1. The third kappa shape index (κ3) is 3.02. The molecule has 0 fully saturated rings. The van der Waals surface area contributed by atoms with Crippen LogP contribution in [-0.2, 0) is 0 Å². The lowest BCUT2D eigenvalue weighted by Crippen LogP contribution is -2.87. The molecule has 6 N–H and O–H groups in total. The van der Waals surface area contributed by atoms with Gasteiger partial charge in [0, 0.05) is 0 Å². The second-order valence-corrected chi connectivity index (χ2v) is 2.86. The lowest BCUT2D eigenvalue weighted by Gasteiger charge is -2.09. The quantitative estimate of drug-likeness (QED) is 0.262. The van der Waals surface area contributed by atoms with Crippen molar-refractivity contribution in [3.05, 3.63) is 35.9 Å². The molecule has 0 heterocycles. The van der Waals surface area contributed by atoms with E-state index < -0.39 is 0 Å². The Balaban J connectivity index is 2.59. The molecule has 0 aliphatic rings. The molecule has 1 aromatic rings. The van der Waals surface area contributed by atoms with Crippen LogP contribution in [0.2, 0.25) is 0 Å². The summed E-state index contributed by atoms with van der Waals surface area (Å²) >= 11 is 0. The molecule has 1 rings (SSSR count). The van der Waals surface area contributed by atoms with Crippen LogP contribution in [-0.4, -0.2) is 5.96 Å². The van der Waals surface area contributed by atoms with E-state index in [0.717, 1.165) is 0 Å². The highest BCUT2D eigenvalue weighted by atomic mass is 15.3. The summed E-state index contributed by atoms with van der Waals surface area (Å²) in [5, 5.41) is 2.67. The van der Waals surface area contributed by atoms with E-state index in [0.29, 0.717) is 0 Å². The standard InChI is InChI=1S/C9H14N4/c1-7(12-13-9(10)11)8-5-3-2-4-6-8/h2-7,12H,1H3,(H4,10,11,13)/p+1. The molecule has 0 saturated carbocycles. The molecule has 0 bridgehead atoms. The summed E-state index contributed by atoms with van der Waals surface area (Å²) in [7, 11) is 0. The fourth-order valence-electron chi connectivity index (χ4n) is 1.02. The number of guanidine groups is 1. The number of hydrogen-bond donors (Lipinski definition) is 4. The number of hydrogen-bond acceptors (Lipinski definition) is 1. The second-order valence-electron chi connectivity index (χ2n) is 2.86. The average molecular weight is 179 g/mol. The topological polar surface area (TPSA) is 78.0 Å². The first-order valence-corrected chi connectivity index (χ1v) is 4.14. The summed E-state index contributed by atoms with van der Waals surface area (Å²) in [4.78, 5) is 0. The monoisotopic (exact) mass is 179 g/mol. The van der Waals surface area contributed by atoms with Crippen LogP contribution in [0.3, 0.4) is 0 Å². The molecule has 1 unspecified atom stereocenters. The van der Waals surface area contributed by atoms with Gasteiger partial charge < -0.3 is 0 Å². The third-order valence-corrected chi connectivity index (χ3v) is 1.73. The molecule has 0 aliphatic carbocycles. The first-order valence-electron chi connectivity index (χ1n) is 4.14. The molecule has 0 saturated heterocycles. The van der Waals surface area contributed by atoms with Crippen molar-refractivity contribution in [2.75, 3.05) is 0 Å². The SMILES string of the molecule is CC(N[NH+]=C(N)N)c1ccccc1. The van der Waals surface area contributed by atoms with Gasteiger partial charge in [-0.05, 0) is 12.5 Å². The van der Waals surface area contributed by atoms with E-state index in [2.05, 4.69) is 10.5 Å². The Morgan fingerprint density at radius 1 is 1.31 bits per heavy atom. The van der Waals surface area contributed by atoms with Crippen LogP contribution in [0.25, 0.3) is 0 Å². The largest absolute Gasteiger partial charge is 0.360 e. The van der Waals surface area contributed by atoms with E-state index in [1.165, 1.54) is 5.56 Å². The Labute approximate surface area is 77.6 Å². The van der Waals surface area contributed by atoms with Crippen LogP contribution in [0.4, 0.5) is 0 Å². The van der Waals surface area contributed by atoms with E-state index in [-0.39, 0.29) is 12.0 Å². The highest BCUT2D eigenvalue weighted by molar-refractivity contribution is 5.69. The number of hydrazone groups is 1. The van der Waals surface area contributed by atoms with Gasteiger partial charge >= 0.3 is 5.96 Å². The summed E-state index contributed by atoms with van der Waals surface area (Å²) < 4.78 is 0. The van der Waals surface area contributed by atoms with Crippen molar-refractivity contribution in [3.8, 4) is 0 Å². The highest BCUT2D eigenvalue weighted by Gasteiger charge is 2.02. The van der Waals surface area contributed by atoms with Gasteiger partial charge in [-0.3, -0.25) is 16.9 Å². The Morgan fingerprint density at radius 2 is 1.92 bits per heavy atom. The number of nitrogens with one attached hydrogen (secondary N) is 2. The van der Waals surface area contributed by atoms with E-state index in [4.69, 9.17) is 11.5 Å². The number of nitrogens with two attached hydrogens (primary N) is 2. The smallest absolute Gasteiger partial charge is 0.289 e. The summed E-state index contributed by atoms with van der Waals surface area (Å²) in [6, 6.07) is 10.2. The van der Waals surface area contributed by atoms with Gasteiger partial charge in [0.15, 0.2) is 0 Å². The van der Waals surface area contributed by atoms with Crippen molar-refractivity contribution in [2.24, 2.45) is 11.5 Å². The zero-order chi connectivity index (χ0) is 9.68. The lowest BCUT2D eigenvalue weighted by molar-refractivity contribution is -0.536. The fraction of sp³-hybridized carbons (Fsp3) is 0.222. The summed E-state index contributed by atoms with van der Waals surface area (Å²) in [6.07, 6.45) is 0. The summed E-state index contributed by atoms with van der Waals surface area (Å²) in [6.45, 7) is 2.02. The second kappa shape index (κ2) is 4.35. The zero-order valence-electron chi connectivity index (χ0n) is 7.62.